The maximum atomic E-state index is 11.0. The minimum Gasteiger partial charge on any atom is -0.352 e. The largest absolute Gasteiger partial charge is 0.576 e. The number of nitrogens with zero attached hydrogens (tertiary/aromatic N) is 1. The zero-order valence-corrected chi connectivity index (χ0v) is 4.62. The Labute approximate surface area is 56.6 Å². The van der Waals surface area contributed by atoms with Crippen molar-refractivity contribution in [1.29, 1.82) is 0 Å². The maximum absolute atomic E-state index is 11.0. The third-order valence-corrected chi connectivity index (χ3v) is 0.348. The molecule has 0 aliphatic carbocycles. The van der Waals surface area contributed by atoms with Crippen molar-refractivity contribution in [2.45, 2.75) is 6.36 Å². The van der Waals surface area contributed by atoms with Gasteiger partial charge in [-0.15, -0.1) is 23.3 Å². The van der Waals surface area contributed by atoms with Gasteiger partial charge in [-0.1, -0.05) is 0 Å². The normalized spacial score (nSPS) is 10.5. The van der Waals surface area contributed by atoms with Crippen LogP contribution in [0.5, 0.6) is 0 Å². The van der Waals surface area contributed by atoms with Crippen LogP contribution in [0.3, 0.4) is 0 Å². The first-order valence-electron chi connectivity index (χ1n) is 1.93. The molecule has 0 bridgehead atoms. The van der Waals surface area contributed by atoms with E-state index in [1.165, 1.54) is 0 Å². The number of ether oxygens (including phenoxy) is 1. The summed E-state index contributed by atoms with van der Waals surface area (Å²) in [5.41, 5.74) is 0. The number of hydrogen-bond donors (Lipinski definition) is 0. The predicted octanol–water partition coefficient (Wildman–Crippen LogP) is 0.851. The molecule has 0 aliphatic rings. The standard InChI is InChI=1S/C2F3NO5/c3-2(4,5)10-1(7)11-6(8)9. The number of rotatable bonds is 1. The van der Waals surface area contributed by atoms with E-state index in [1.807, 2.05) is 0 Å². The van der Waals surface area contributed by atoms with Crippen LogP contribution in [0.25, 0.3) is 0 Å². The summed E-state index contributed by atoms with van der Waals surface area (Å²) in [7, 11) is 0. The Kier molecular flexibility index (Phi) is 2.61. The lowest BCUT2D eigenvalue weighted by molar-refractivity contribution is -0.732. The fourth-order valence-corrected chi connectivity index (χ4v) is 0.174. The second-order valence-corrected chi connectivity index (χ2v) is 1.11. The first kappa shape index (κ1) is 9.46. The predicted molar refractivity (Wildman–Crippen MR) is 20.6 cm³/mol. The molecule has 0 atom stereocenters. The Morgan fingerprint density at radius 1 is 1.45 bits per heavy atom. The maximum Gasteiger partial charge on any atom is 0.576 e. The summed E-state index contributed by atoms with van der Waals surface area (Å²) in [6, 6.07) is 0. The van der Waals surface area contributed by atoms with Crippen molar-refractivity contribution in [1.82, 2.24) is 0 Å². The lowest BCUT2D eigenvalue weighted by Crippen LogP contribution is -2.22. The first-order valence-corrected chi connectivity index (χ1v) is 1.93. The van der Waals surface area contributed by atoms with E-state index < -0.39 is 17.6 Å². The molecule has 0 aromatic rings. The van der Waals surface area contributed by atoms with E-state index in [0.29, 0.717) is 0 Å². The zero-order valence-electron chi connectivity index (χ0n) is 4.62. The quantitative estimate of drug-likeness (QED) is 0.335. The fourth-order valence-electron chi connectivity index (χ4n) is 0.174. The van der Waals surface area contributed by atoms with E-state index in [9.17, 15) is 28.1 Å². The molecular formula is C2F3NO5. The van der Waals surface area contributed by atoms with E-state index in [2.05, 4.69) is 9.57 Å². The van der Waals surface area contributed by atoms with E-state index >= 15 is 0 Å². The van der Waals surface area contributed by atoms with Crippen molar-refractivity contribution < 1.29 is 32.6 Å². The Hall–Kier alpha value is -1.54. The molecule has 64 valence electrons. The average molecular weight is 175 g/mol. The van der Waals surface area contributed by atoms with Crippen LogP contribution < -0.4 is 0 Å². The smallest absolute Gasteiger partial charge is 0.352 e. The van der Waals surface area contributed by atoms with Crippen molar-refractivity contribution in [3.8, 4) is 0 Å². The van der Waals surface area contributed by atoms with Crippen LogP contribution >= 0.6 is 0 Å². The van der Waals surface area contributed by atoms with E-state index in [4.69, 9.17) is 0 Å². The van der Waals surface area contributed by atoms with Gasteiger partial charge < -0.3 is 4.74 Å². The lowest BCUT2D eigenvalue weighted by atomic mass is 11.2. The molecule has 6 nitrogen and oxygen atoms in total. The Morgan fingerprint density at radius 3 is 2.18 bits per heavy atom. The highest BCUT2D eigenvalue weighted by Crippen LogP contribution is 2.16. The summed E-state index contributed by atoms with van der Waals surface area (Å²) >= 11 is 0. The summed E-state index contributed by atoms with van der Waals surface area (Å²) in [5.74, 6) is 0. The lowest BCUT2D eigenvalue weighted by Gasteiger charge is -2.03. The number of carbonyl (C=O) groups is 1. The third kappa shape index (κ3) is 6.34. The summed E-state index contributed by atoms with van der Waals surface area (Å²) in [5, 5.41) is 7.50. The summed E-state index contributed by atoms with van der Waals surface area (Å²) < 4.78 is 35.5. The van der Waals surface area contributed by atoms with Gasteiger partial charge in [0, 0.05) is 0 Å². The highest BCUT2D eigenvalue weighted by atomic mass is 19.4. The highest BCUT2D eigenvalue weighted by Gasteiger charge is 2.35. The molecule has 0 aliphatic heterocycles. The molecule has 0 fully saturated rings. The Morgan fingerprint density at radius 2 is 1.91 bits per heavy atom. The fraction of sp³-hybridized carbons (Fsp3) is 0.500. The van der Waals surface area contributed by atoms with Gasteiger partial charge in [0.25, 0.3) is 0 Å². The van der Waals surface area contributed by atoms with E-state index in [0.717, 1.165) is 0 Å². The van der Waals surface area contributed by atoms with Gasteiger partial charge >= 0.3 is 17.6 Å². The van der Waals surface area contributed by atoms with E-state index in [-0.39, 0.29) is 0 Å². The molecule has 9 heteroatoms. The van der Waals surface area contributed by atoms with Crippen LogP contribution in [-0.2, 0) is 9.57 Å². The van der Waals surface area contributed by atoms with Crippen molar-refractivity contribution in [2.24, 2.45) is 0 Å². The monoisotopic (exact) mass is 175 g/mol. The van der Waals surface area contributed by atoms with Crippen LogP contribution in [0.15, 0.2) is 0 Å². The Bertz CT molecular complexity index is 175. The van der Waals surface area contributed by atoms with E-state index in [1.54, 1.807) is 0 Å². The van der Waals surface area contributed by atoms with Crippen molar-refractivity contribution in [3.63, 3.8) is 0 Å². The van der Waals surface area contributed by atoms with Crippen LogP contribution in [0.2, 0.25) is 0 Å². The molecule has 0 aromatic heterocycles. The van der Waals surface area contributed by atoms with Gasteiger partial charge in [-0.05, 0) is 0 Å². The van der Waals surface area contributed by atoms with Crippen LogP contribution in [0, 0.1) is 10.1 Å². The second-order valence-electron chi connectivity index (χ2n) is 1.11. The van der Waals surface area contributed by atoms with Gasteiger partial charge in [0.1, 0.15) is 0 Å². The Balaban J connectivity index is 3.80. The molecule has 0 rings (SSSR count). The van der Waals surface area contributed by atoms with Gasteiger partial charge in [0.2, 0.25) is 0 Å². The van der Waals surface area contributed by atoms with Gasteiger partial charge in [-0.2, -0.15) is 4.84 Å². The van der Waals surface area contributed by atoms with Gasteiger partial charge in [-0.25, -0.2) is 4.79 Å². The summed E-state index contributed by atoms with van der Waals surface area (Å²) in [4.78, 5) is 21.6. The molecule has 0 spiro atoms. The number of hydrogen-bond acceptors (Lipinski definition) is 5. The van der Waals surface area contributed by atoms with Crippen LogP contribution in [0.4, 0.5) is 18.0 Å². The molecule has 0 amide bonds. The second kappa shape index (κ2) is 3.03. The van der Waals surface area contributed by atoms with Crippen molar-refractivity contribution >= 4 is 6.16 Å². The molecule has 0 unspecified atom stereocenters. The molecular weight excluding hydrogens is 175 g/mol. The molecule has 0 heterocycles. The summed E-state index contributed by atoms with van der Waals surface area (Å²) in [6.07, 6.45) is -7.70. The van der Waals surface area contributed by atoms with Crippen LogP contribution in [0.1, 0.15) is 0 Å². The average Bonchev–Trinajstić information content (AvgIpc) is 1.53. The molecule has 0 radical (unpaired) electrons. The minimum atomic E-state index is -5.27. The molecule has 0 saturated heterocycles. The topological polar surface area (TPSA) is 78.7 Å². The number of alkyl halides is 3. The number of carbonyl (C=O) groups excluding carboxylic acids is 1. The molecule has 11 heavy (non-hydrogen) atoms. The van der Waals surface area contributed by atoms with Crippen molar-refractivity contribution in [3.05, 3.63) is 10.1 Å². The zero-order chi connectivity index (χ0) is 9.07. The van der Waals surface area contributed by atoms with Crippen LogP contribution in [-0.4, -0.2) is 17.6 Å². The number of halogens is 3. The summed E-state index contributed by atoms with van der Waals surface area (Å²) in [6.45, 7) is 0. The third-order valence-electron chi connectivity index (χ3n) is 0.348. The molecule has 0 saturated carbocycles. The SMILES string of the molecule is O=C(O[N+](=O)[O-])OC(F)(F)F. The van der Waals surface area contributed by atoms with Crippen molar-refractivity contribution in [2.75, 3.05) is 0 Å². The molecule has 0 N–H and O–H groups in total. The first-order chi connectivity index (χ1) is 4.81. The van der Waals surface area contributed by atoms with Gasteiger partial charge in [-0.3, -0.25) is 0 Å². The van der Waals surface area contributed by atoms with Gasteiger partial charge in [0.15, 0.2) is 0 Å². The van der Waals surface area contributed by atoms with Gasteiger partial charge in [0.05, 0.1) is 0 Å². The minimum absolute atomic E-state index is 1.71. The highest BCUT2D eigenvalue weighted by molar-refractivity contribution is 5.59. The molecule has 0 aromatic carbocycles.